The standard InChI is InChI=1S/C20H24ClF3N2O5/c1-4-10-31-19(29)26-17(12(3)20(22,23)24)18(28)25-15-11-13(6-8-14(15)21)7-9-16(27)30-5-2/h4,6,8,11-12,17H,1,5,7,9-10H2,2-3H3,(H,25,28)(H,26,29). The Morgan fingerprint density at radius 3 is 2.52 bits per heavy atom. The van der Waals surface area contributed by atoms with Crippen molar-refractivity contribution in [2.24, 2.45) is 5.92 Å². The summed E-state index contributed by atoms with van der Waals surface area (Å²) in [6.07, 6.45) is -4.39. The highest BCUT2D eigenvalue weighted by Gasteiger charge is 2.45. The molecule has 2 N–H and O–H groups in total. The van der Waals surface area contributed by atoms with Crippen molar-refractivity contribution in [1.82, 2.24) is 5.32 Å². The Morgan fingerprint density at radius 1 is 1.26 bits per heavy atom. The maximum Gasteiger partial charge on any atom is 0.408 e. The van der Waals surface area contributed by atoms with Crippen LogP contribution in [-0.4, -0.2) is 43.4 Å². The quantitative estimate of drug-likeness (QED) is 0.399. The van der Waals surface area contributed by atoms with Gasteiger partial charge in [0.2, 0.25) is 5.91 Å². The van der Waals surface area contributed by atoms with Gasteiger partial charge in [-0.2, -0.15) is 13.2 Å². The number of alkyl carbamates (subject to hydrolysis) is 1. The SMILES string of the molecule is C=CCOC(=O)NC(C(=O)Nc1cc(CCC(=O)OCC)ccc1Cl)C(C)C(F)(F)F. The van der Waals surface area contributed by atoms with Gasteiger partial charge in [-0.05, 0) is 31.0 Å². The van der Waals surface area contributed by atoms with Crippen LogP contribution in [0, 0.1) is 5.92 Å². The molecule has 2 unspecified atom stereocenters. The number of rotatable bonds is 10. The van der Waals surface area contributed by atoms with Crippen molar-refractivity contribution < 1.29 is 37.0 Å². The van der Waals surface area contributed by atoms with E-state index in [1.807, 2.05) is 5.32 Å². The van der Waals surface area contributed by atoms with E-state index in [2.05, 4.69) is 16.6 Å². The number of nitrogens with one attached hydrogen (secondary N) is 2. The summed E-state index contributed by atoms with van der Waals surface area (Å²) in [5.41, 5.74) is 0.639. The van der Waals surface area contributed by atoms with Crippen LogP contribution in [-0.2, 0) is 25.5 Å². The molecule has 0 saturated carbocycles. The number of aryl methyl sites for hydroxylation is 1. The highest BCUT2D eigenvalue weighted by atomic mass is 35.5. The molecule has 11 heteroatoms. The lowest BCUT2D eigenvalue weighted by molar-refractivity contribution is -0.178. The zero-order chi connectivity index (χ0) is 23.6. The smallest absolute Gasteiger partial charge is 0.408 e. The fourth-order valence-electron chi connectivity index (χ4n) is 2.42. The van der Waals surface area contributed by atoms with Crippen molar-refractivity contribution in [3.63, 3.8) is 0 Å². The van der Waals surface area contributed by atoms with Crippen LogP contribution in [0.2, 0.25) is 5.02 Å². The normalized spacial score (nSPS) is 13.0. The first-order valence-corrected chi connectivity index (χ1v) is 9.73. The molecule has 0 heterocycles. The summed E-state index contributed by atoms with van der Waals surface area (Å²) in [5.74, 6) is -3.76. The summed E-state index contributed by atoms with van der Waals surface area (Å²) in [5, 5.41) is 4.29. The summed E-state index contributed by atoms with van der Waals surface area (Å²) >= 11 is 6.05. The minimum absolute atomic E-state index is 0.0358. The number of esters is 1. The molecule has 172 valence electrons. The van der Waals surface area contributed by atoms with Gasteiger partial charge >= 0.3 is 18.2 Å². The van der Waals surface area contributed by atoms with Crippen LogP contribution in [0.1, 0.15) is 25.8 Å². The van der Waals surface area contributed by atoms with Gasteiger partial charge in [0.25, 0.3) is 0 Å². The number of benzene rings is 1. The maximum atomic E-state index is 13.2. The van der Waals surface area contributed by atoms with Crippen LogP contribution in [0.4, 0.5) is 23.7 Å². The number of halogens is 4. The van der Waals surface area contributed by atoms with Gasteiger partial charge in [-0.1, -0.05) is 37.2 Å². The van der Waals surface area contributed by atoms with E-state index in [0.29, 0.717) is 5.56 Å². The van der Waals surface area contributed by atoms with E-state index >= 15 is 0 Å². The topological polar surface area (TPSA) is 93.7 Å². The van der Waals surface area contributed by atoms with Gasteiger partial charge in [0.15, 0.2) is 0 Å². The lowest BCUT2D eigenvalue weighted by atomic mass is 10.0. The summed E-state index contributed by atoms with van der Waals surface area (Å²) < 4.78 is 49.1. The molecule has 31 heavy (non-hydrogen) atoms. The number of hydrogen-bond donors (Lipinski definition) is 2. The molecule has 0 aliphatic rings. The summed E-state index contributed by atoms with van der Waals surface area (Å²) in [6.45, 7) is 5.75. The van der Waals surface area contributed by atoms with E-state index in [4.69, 9.17) is 16.3 Å². The first-order valence-electron chi connectivity index (χ1n) is 9.35. The molecular formula is C20H24ClF3N2O5. The lowest BCUT2D eigenvalue weighted by Crippen LogP contribution is -2.52. The van der Waals surface area contributed by atoms with Crippen molar-refractivity contribution in [2.45, 2.75) is 38.9 Å². The molecule has 1 rings (SSSR count). The minimum atomic E-state index is -4.76. The largest absolute Gasteiger partial charge is 0.466 e. The molecular weight excluding hydrogens is 441 g/mol. The van der Waals surface area contributed by atoms with Crippen LogP contribution in [0.3, 0.4) is 0 Å². The molecule has 7 nitrogen and oxygen atoms in total. The number of carbonyl (C=O) groups excluding carboxylic acids is 3. The number of carbonyl (C=O) groups is 3. The van der Waals surface area contributed by atoms with Crippen LogP contribution < -0.4 is 10.6 Å². The molecule has 0 aromatic heterocycles. The highest BCUT2D eigenvalue weighted by Crippen LogP contribution is 2.30. The monoisotopic (exact) mass is 464 g/mol. The Bertz CT molecular complexity index is 802. The minimum Gasteiger partial charge on any atom is -0.466 e. The molecule has 0 spiro atoms. The Hall–Kier alpha value is -2.75. The van der Waals surface area contributed by atoms with Crippen LogP contribution >= 0.6 is 11.6 Å². The van der Waals surface area contributed by atoms with Crippen molar-refractivity contribution >= 4 is 35.3 Å². The second-order valence-electron chi connectivity index (χ2n) is 6.45. The Morgan fingerprint density at radius 2 is 1.94 bits per heavy atom. The van der Waals surface area contributed by atoms with E-state index < -0.39 is 36.1 Å². The number of alkyl halides is 3. The van der Waals surface area contributed by atoms with Gasteiger partial charge in [-0.3, -0.25) is 9.59 Å². The van der Waals surface area contributed by atoms with Crippen LogP contribution in [0.15, 0.2) is 30.9 Å². The number of amides is 2. The predicted octanol–water partition coefficient (Wildman–Crippen LogP) is 4.25. The third kappa shape index (κ3) is 8.87. The van der Waals surface area contributed by atoms with Crippen molar-refractivity contribution in [1.29, 1.82) is 0 Å². The van der Waals surface area contributed by atoms with E-state index in [1.54, 1.807) is 13.0 Å². The van der Waals surface area contributed by atoms with Crippen LogP contribution in [0.25, 0.3) is 0 Å². The molecule has 0 saturated heterocycles. The first kappa shape index (κ1) is 26.3. The summed E-state index contributed by atoms with van der Waals surface area (Å²) in [4.78, 5) is 35.8. The molecule has 1 aromatic carbocycles. The molecule has 0 fully saturated rings. The Kier molecular flexibility index (Phi) is 10.3. The molecule has 0 aliphatic heterocycles. The molecule has 0 radical (unpaired) electrons. The average molecular weight is 465 g/mol. The summed E-state index contributed by atoms with van der Waals surface area (Å²) in [7, 11) is 0. The van der Waals surface area contributed by atoms with E-state index in [1.165, 1.54) is 18.2 Å². The third-order valence-corrected chi connectivity index (χ3v) is 4.45. The predicted molar refractivity (Wildman–Crippen MR) is 109 cm³/mol. The fraction of sp³-hybridized carbons (Fsp3) is 0.450. The zero-order valence-corrected chi connectivity index (χ0v) is 17.8. The van der Waals surface area contributed by atoms with Crippen molar-refractivity contribution in [3.05, 3.63) is 41.4 Å². The second-order valence-corrected chi connectivity index (χ2v) is 6.86. The van der Waals surface area contributed by atoms with Gasteiger partial charge in [0, 0.05) is 6.42 Å². The molecule has 2 amide bonds. The van der Waals surface area contributed by atoms with Gasteiger partial charge in [0.05, 0.1) is 23.2 Å². The fourth-order valence-corrected chi connectivity index (χ4v) is 2.59. The maximum absolute atomic E-state index is 13.2. The van der Waals surface area contributed by atoms with Gasteiger partial charge in [-0.25, -0.2) is 4.79 Å². The Labute approximate surface area is 182 Å². The second kappa shape index (κ2) is 12.2. The van der Waals surface area contributed by atoms with Crippen LogP contribution in [0.5, 0.6) is 0 Å². The van der Waals surface area contributed by atoms with Gasteiger partial charge < -0.3 is 20.1 Å². The summed E-state index contributed by atoms with van der Waals surface area (Å²) in [6, 6.07) is 2.51. The number of hydrogen-bond acceptors (Lipinski definition) is 5. The first-order chi connectivity index (χ1) is 14.5. The van der Waals surface area contributed by atoms with Gasteiger partial charge in [0.1, 0.15) is 12.6 Å². The number of anilines is 1. The Balaban J connectivity index is 3.00. The molecule has 0 aliphatic carbocycles. The number of ether oxygens (including phenoxy) is 2. The molecule has 1 aromatic rings. The van der Waals surface area contributed by atoms with Crippen molar-refractivity contribution in [2.75, 3.05) is 18.5 Å². The van der Waals surface area contributed by atoms with E-state index in [9.17, 15) is 27.6 Å². The third-order valence-electron chi connectivity index (χ3n) is 4.12. The average Bonchev–Trinajstić information content (AvgIpc) is 2.69. The molecule has 0 bridgehead atoms. The lowest BCUT2D eigenvalue weighted by Gasteiger charge is -2.26. The van der Waals surface area contributed by atoms with Gasteiger partial charge in [-0.15, -0.1) is 0 Å². The highest BCUT2D eigenvalue weighted by molar-refractivity contribution is 6.33. The molecule has 2 atom stereocenters. The van der Waals surface area contributed by atoms with E-state index in [-0.39, 0.29) is 36.8 Å². The zero-order valence-electron chi connectivity index (χ0n) is 17.1. The van der Waals surface area contributed by atoms with Crippen molar-refractivity contribution in [3.8, 4) is 0 Å². The van der Waals surface area contributed by atoms with E-state index in [0.717, 1.165) is 6.92 Å².